The molecule has 180 valence electrons. The molecule has 5 unspecified atom stereocenters. The van der Waals surface area contributed by atoms with Gasteiger partial charge in [0.2, 0.25) is 0 Å². The number of hydrogen-bond donors (Lipinski definition) is 2. The minimum absolute atomic E-state index is 0.0573. The molecule has 4 aliphatic rings. The number of fused-ring (bicyclic) bond motifs is 1. The van der Waals surface area contributed by atoms with Crippen molar-refractivity contribution in [3.05, 3.63) is 0 Å². The van der Waals surface area contributed by atoms with Gasteiger partial charge in [-0.3, -0.25) is 5.32 Å². The van der Waals surface area contributed by atoms with Gasteiger partial charge in [0.1, 0.15) is 5.72 Å². The third-order valence-corrected chi connectivity index (χ3v) is 11.5. The van der Waals surface area contributed by atoms with E-state index in [4.69, 9.17) is 4.74 Å². The molecule has 0 aromatic carbocycles. The maximum Gasteiger partial charge on any atom is 0.122 e. The highest BCUT2D eigenvalue weighted by molar-refractivity contribution is 5.10. The first kappa shape index (κ1) is 24.0. The van der Waals surface area contributed by atoms with Crippen LogP contribution in [0.1, 0.15) is 106 Å². The van der Waals surface area contributed by atoms with Gasteiger partial charge in [-0.15, -0.1) is 0 Å². The lowest BCUT2D eigenvalue weighted by molar-refractivity contribution is -0.106. The van der Waals surface area contributed by atoms with Gasteiger partial charge in [0.05, 0.1) is 6.10 Å². The molecule has 2 saturated heterocycles. The third kappa shape index (κ3) is 3.93. The summed E-state index contributed by atoms with van der Waals surface area (Å²) in [5, 5.41) is 13.5. The smallest absolute Gasteiger partial charge is 0.122 e. The Morgan fingerprint density at radius 2 is 1.71 bits per heavy atom. The monoisotopic (exact) mass is 433 g/mol. The predicted octanol–water partition coefficient (Wildman–Crippen LogP) is 6.39. The molecule has 4 fully saturated rings. The second kappa shape index (κ2) is 8.91. The van der Waals surface area contributed by atoms with E-state index in [9.17, 15) is 5.11 Å². The molecule has 0 aromatic heterocycles. The van der Waals surface area contributed by atoms with E-state index in [2.05, 4.69) is 46.9 Å². The van der Waals surface area contributed by atoms with E-state index in [1.807, 2.05) is 0 Å². The molecule has 2 saturated carbocycles. The SMILES string of the molecule is CC[C@@]1(C)C(CCO)CCCC1CC[C@@]1(C)C(C)CC2O[C@@]3(CC[C@H](C)CN3)[C@@H](C)C21. The molecule has 0 aromatic rings. The van der Waals surface area contributed by atoms with E-state index in [0.717, 1.165) is 30.7 Å². The molecule has 0 bridgehead atoms. The summed E-state index contributed by atoms with van der Waals surface area (Å²) in [5.41, 5.74) is 0.730. The van der Waals surface area contributed by atoms with Gasteiger partial charge in [0, 0.05) is 19.1 Å². The van der Waals surface area contributed by atoms with Crippen molar-refractivity contribution in [1.29, 1.82) is 0 Å². The molecule has 0 radical (unpaired) electrons. The molecule has 10 atom stereocenters. The molecule has 1 spiro atoms. The number of aliphatic hydroxyl groups excluding tert-OH is 1. The van der Waals surface area contributed by atoms with Crippen molar-refractivity contribution >= 4 is 0 Å². The van der Waals surface area contributed by atoms with Crippen LogP contribution in [0.4, 0.5) is 0 Å². The lowest BCUT2D eigenvalue weighted by Crippen LogP contribution is -2.55. The third-order valence-electron chi connectivity index (χ3n) is 11.5. The van der Waals surface area contributed by atoms with Crippen LogP contribution in [0.15, 0.2) is 0 Å². The van der Waals surface area contributed by atoms with E-state index in [-0.39, 0.29) is 5.72 Å². The molecule has 4 rings (SSSR count). The summed E-state index contributed by atoms with van der Waals surface area (Å²) < 4.78 is 6.90. The number of nitrogens with one attached hydrogen (secondary N) is 1. The maximum absolute atomic E-state index is 9.66. The highest BCUT2D eigenvalue weighted by Gasteiger charge is 2.63. The number of aliphatic hydroxyl groups is 1. The number of hydrogen-bond acceptors (Lipinski definition) is 3. The van der Waals surface area contributed by atoms with Crippen molar-refractivity contribution in [2.75, 3.05) is 13.2 Å². The molecule has 31 heavy (non-hydrogen) atoms. The summed E-state index contributed by atoms with van der Waals surface area (Å²) in [6.07, 6.45) is 13.2. The minimum atomic E-state index is -0.0573. The average Bonchev–Trinajstić information content (AvgIpc) is 3.15. The Morgan fingerprint density at radius 3 is 2.32 bits per heavy atom. The zero-order valence-electron chi connectivity index (χ0n) is 21.4. The van der Waals surface area contributed by atoms with E-state index >= 15 is 0 Å². The normalized spacial score (nSPS) is 52.5. The molecular weight excluding hydrogens is 382 g/mol. The lowest BCUT2D eigenvalue weighted by Gasteiger charge is -2.49. The quantitative estimate of drug-likeness (QED) is 0.509. The molecular formula is C28H51NO2. The average molecular weight is 434 g/mol. The molecule has 2 aliphatic carbocycles. The Hall–Kier alpha value is -0.120. The second-order valence-corrected chi connectivity index (χ2v) is 12.8. The Kier molecular flexibility index (Phi) is 6.91. The summed E-state index contributed by atoms with van der Waals surface area (Å²) in [5.74, 6) is 4.32. The number of piperidine rings is 1. The fourth-order valence-corrected chi connectivity index (χ4v) is 8.87. The minimum Gasteiger partial charge on any atom is -0.396 e. The molecule has 2 heterocycles. The van der Waals surface area contributed by atoms with Gasteiger partial charge in [0.25, 0.3) is 0 Å². The highest BCUT2D eigenvalue weighted by Crippen LogP contribution is 2.63. The zero-order valence-corrected chi connectivity index (χ0v) is 21.4. The van der Waals surface area contributed by atoms with Gasteiger partial charge >= 0.3 is 0 Å². The summed E-state index contributed by atoms with van der Waals surface area (Å²) in [7, 11) is 0. The van der Waals surface area contributed by atoms with Crippen LogP contribution in [0.5, 0.6) is 0 Å². The molecule has 2 N–H and O–H groups in total. The van der Waals surface area contributed by atoms with Crippen LogP contribution in [0, 0.1) is 46.3 Å². The van der Waals surface area contributed by atoms with E-state index in [1.54, 1.807) is 0 Å². The summed E-state index contributed by atoms with van der Waals surface area (Å²) >= 11 is 0. The Labute approximate surface area is 192 Å². The number of ether oxygens (including phenoxy) is 1. The first-order chi connectivity index (χ1) is 14.7. The Balaban J connectivity index is 1.48. The van der Waals surface area contributed by atoms with Crippen molar-refractivity contribution < 1.29 is 9.84 Å². The van der Waals surface area contributed by atoms with E-state index < -0.39 is 0 Å². The van der Waals surface area contributed by atoms with Crippen LogP contribution in [0.2, 0.25) is 0 Å². The highest BCUT2D eigenvalue weighted by atomic mass is 16.5. The van der Waals surface area contributed by atoms with Gasteiger partial charge in [-0.1, -0.05) is 54.4 Å². The molecule has 2 aliphatic heterocycles. The largest absolute Gasteiger partial charge is 0.396 e. The van der Waals surface area contributed by atoms with Crippen molar-refractivity contribution in [2.24, 2.45) is 46.3 Å². The molecule has 3 heteroatoms. The fraction of sp³-hybridized carbons (Fsp3) is 1.00. The van der Waals surface area contributed by atoms with E-state index in [0.29, 0.717) is 41.3 Å². The van der Waals surface area contributed by atoms with Crippen LogP contribution < -0.4 is 5.32 Å². The van der Waals surface area contributed by atoms with Crippen molar-refractivity contribution in [3.63, 3.8) is 0 Å². The van der Waals surface area contributed by atoms with Gasteiger partial charge in [0.15, 0.2) is 0 Å². The summed E-state index contributed by atoms with van der Waals surface area (Å²) in [6, 6.07) is 0. The van der Waals surface area contributed by atoms with Crippen LogP contribution in [-0.2, 0) is 4.74 Å². The van der Waals surface area contributed by atoms with Crippen LogP contribution in [-0.4, -0.2) is 30.1 Å². The molecule has 0 amide bonds. The van der Waals surface area contributed by atoms with Gasteiger partial charge in [-0.05, 0) is 91.8 Å². The fourth-order valence-electron chi connectivity index (χ4n) is 8.87. The van der Waals surface area contributed by atoms with Crippen molar-refractivity contribution in [3.8, 4) is 0 Å². The van der Waals surface area contributed by atoms with Gasteiger partial charge in [-0.2, -0.15) is 0 Å². The lowest BCUT2D eigenvalue weighted by atomic mass is 9.56. The first-order valence-corrected chi connectivity index (χ1v) is 13.7. The van der Waals surface area contributed by atoms with Crippen LogP contribution >= 0.6 is 0 Å². The maximum atomic E-state index is 9.66. The first-order valence-electron chi connectivity index (χ1n) is 13.7. The van der Waals surface area contributed by atoms with Crippen molar-refractivity contribution in [1.82, 2.24) is 5.32 Å². The summed E-state index contributed by atoms with van der Waals surface area (Å²) in [6.45, 7) is 16.4. The standard InChI is InChI=1S/C28H51NO2/c1-7-26(5)22(9-8-10-23(26)13-16-30)12-14-27(6)20(3)17-24-25(27)21(4)28(31-24)15-11-19(2)18-29-28/h19-25,29-30H,7-18H2,1-6H3/t19-,20?,21-,22?,23?,24?,25?,26+,27-,28-/m0/s1. The Morgan fingerprint density at radius 1 is 1.00 bits per heavy atom. The molecule has 3 nitrogen and oxygen atoms in total. The van der Waals surface area contributed by atoms with Crippen LogP contribution in [0.25, 0.3) is 0 Å². The second-order valence-electron chi connectivity index (χ2n) is 12.8. The topological polar surface area (TPSA) is 41.5 Å². The number of rotatable bonds is 6. The zero-order chi connectivity index (χ0) is 22.4. The van der Waals surface area contributed by atoms with Gasteiger partial charge < -0.3 is 9.84 Å². The predicted molar refractivity (Wildman–Crippen MR) is 129 cm³/mol. The summed E-state index contributed by atoms with van der Waals surface area (Å²) in [4.78, 5) is 0. The van der Waals surface area contributed by atoms with Crippen molar-refractivity contribution in [2.45, 2.75) is 118 Å². The Bertz CT molecular complexity index is 612. The van der Waals surface area contributed by atoms with E-state index in [1.165, 1.54) is 57.8 Å². The van der Waals surface area contributed by atoms with Crippen LogP contribution in [0.3, 0.4) is 0 Å². The van der Waals surface area contributed by atoms with Gasteiger partial charge in [-0.25, -0.2) is 0 Å².